The number of furan rings is 1. The maximum atomic E-state index is 12.1. The fourth-order valence-corrected chi connectivity index (χ4v) is 3.56. The molecule has 118 valence electrons. The molecule has 2 aliphatic heterocycles. The van der Waals surface area contributed by atoms with Crippen molar-refractivity contribution in [3.8, 4) is 0 Å². The number of fused-ring (bicyclic) bond motifs is 1. The van der Waals surface area contributed by atoms with Gasteiger partial charge in [0, 0.05) is 4.90 Å². The molecule has 0 saturated heterocycles. The molecule has 0 bridgehead atoms. The first-order valence-corrected chi connectivity index (χ1v) is 8.66. The summed E-state index contributed by atoms with van der Waals surface area (Å²) in [7, 11) is 0. The highest BCUT2D eigenvalue weighted by Crippen LogP contribution is 2.30. The van der Waals surface area contributed by atoms with Gasteiger partial charge >= 0.3 is 0 Å². The lowest BCUT2D eigenvalue weighted by Gasteiger charge is -2.19. The van der Waals surface area contributed by atoms with Crippen molar-refractivity contribution in [1.29, 1.82) is 5.41 Å². The second-order valence-corrected chi connectivity index (χ2v) is 6.72. The van der Waals surface area contributed by atoms with E-state index in [9.17, 15) is 4.79 Å². The van der Waals surface area contributed by atoms with E-state index in [2.05, 4.69) is 10.1 Å². The van der Waals surface area contributed by atoms with E-state index in [1.54, 1.807) is 11.6 Å². The average molecular weight is 354 g/mol. The summed E-state index contributed by atoms with van der Waals surface area (Å²) in [6, 6.07) is 13.5. The topological polar surface area (TPSA) is 82.0 Å². The second kappa shape index (κ2) is 6.14. The molecule has 1 amide bonds. The van der Waals surface area contributed by atoms with Gasteiger partial charge in [-0.2, -0.15) is 15.1 Å². The largest absolute Gasteiger partial charge is 0.450 e. The Morgan fingerprint density at radius 2 is 2.04 bits per heavy atom. The van der Waals surface area contributed by atoms with Gasteiger partial charge in [0.15, 0.2) is 16.1 Å². The van der Waals surface area contributed by atoms with Crippen molar-refractivity contribution < 1.29 is 9.21 Å². The summed E-state index contributed by atoms with van der Waals surface area (Å²) in [6.07, 6.45) is 1.53. The van der Waals surface area contributed by atoms with Crippen LogP contribution in [0.15, 0.2) is 72.5 Å². The number of thioether (sulfide) groups is 1. The number of benzene rings is 1. The molecule has 2 aliphatic rings. The Kier molecular flexibility index (Phi) is 3.83. The van der Waals surface area contributed by atoms with E-state index in [0.29, 0.717) is 16.0 Å². The molecule has 24 heavy (non-hydrogen) atoms. The van der Waals surface area contributed by atoms with Crippen LogP contribution in [0, 0.1) is 5.41 Å². The van der Waals surface area contributed by atoms with Gasteiger partial charge in [-0.3, -0.25) is 10.2 Å². The van der Waals surface area contributed by atoms with Crippen molar-refractivity contribution in [3.05, 3.63) is 53.8 Å². The van der Waals surface area contributed by atoms with Crippen LogP contribution in [0.1, 0.15) is 5.76 Å². The highest BCUT2D eigenvalue weighted by molar-refractivity contribution is 8.25. The summed E-state index contributed by atoms with van der Waals surface area (Å²) >= 11 is 2.70. The van der Waals surface area contributed by atoms with E-state index >= 15 is 0 Å². The molecule has 0 atom stereocenters. The number of amides is 1. The molecular formula is C16H10N4O2S2. The minimum Gasteiger partial charge on any atom is -0.450 e. The standard InChI is InChI=1S/C16H10N4O2S2/c17-14-12(15(21)19-16-20(14)18-9-23-16)8-10-6-7-13(22-10)24-11-4-2-1-3-5-11/h1-9,17H. The fraction of sp³-hybridized carbons (Fsp3) is 0. The predicted molar refractivity (Wildman–Crippen MR) is 95.3 cm³/mol. The third kappa shape index (κ3) is 2.81. The van der Waals surface area contributed by atoms with Gasteiger partial charge in [-0.25, -0.2) is 0 Å². The quantitative estimate of drug-likeness (QED) is 0.850. The number of rotatable bonds is 3. The lowest BCUT2D eigenvalue weighted by Crippen LogP contribution is -2.35. The van der Waals surface area contributed by atoms with E-state index in [1.165, 1.54) is 34.6 Å². The monoisotopic (exact) mass is 354 g/mol. The van der Waals surface area contributed by atoms with Gasteiger partial charge in [0.25, 0.3) is 5.91 Å². The number of hydrogen-bond donors (Lipinski definition) is 1. The Bertz CT molecular complexity index is 915. The van der Waals surface area contributed by atoms with E-state index in [-0.39, 0.29) is 11.4 Å². The lowest BCUT2D eigenvalue weighted by molar-refractivity contribution is -0.114. The Morgan fingerprint density at radius 1 is 1.21 bits per heavy atom. The van der Waals surface area contributed by atoms with Crippen molar-refractivity contribution in [2.24, 2.45) is 10.1 Å². The Balaban J connectivity index is 1.59. The van der Waals surface area contributed by atoms with Gasteiger partial charge in [0.05, 0.1) is 11.1 Å². The van der Waals surface area contributed by atoms with Crippen LogP contribution < -0.4 is 0 Å². The smallest absolute Gasteiger partial charge is 0.283 e. The molecule has 0 saturated carbocycles. The summed E-state index contributed by atoms with van der Waals surface area (Å²) in [5, 5.41) is 14.6. The summed E-state index contributed by atoms with van der Waals surface area (Å²) in [6.45, 7) is 0. The number of hydrogen-bond acceptors (Lipinski definition) is 6. The van der Waals surface area contributed by atoms with Crippen LogP contribution in [-0.4, -0.2) is 27.5 Å². The van der Waals surface area contributed by atoms with Crippen molar-refractivity contribution in [2.45, 2.75) is 9.99 Å². The molecule has 0 unspecified atom stereocenters. The maximum Gasteiger partial charge on any atom is 0.283 e. The number of nitrogens with zero attached hydrogens (tertiary/aromatic N) is 3. The Hall–Kier alpha value is -2.58. The normalized spacial score (nSPS) is 18.2. The molecule has 1 aromatic heterocycles. The highest BCUT2D eigenvalue weighted by Gasteiger charge is 2.32. The number of amidine groups is 2. The number of nitrogens with one attached hydrogen (secondary N) is 1. The Morgan fingerprint density at radius 3 is 2.88 bits per heavy atom. The molecule has 0 spiro atoms. The summed E-state index contributed by atoms with van der Waals surface area (Å²) in [5.41, 5.74) is 1.70. The molecular weight excluding hydrogens is 344 g/mol. The lowest BCUT2D eigenvalue weighted by atomic mass is 10.1. The Labute approximate surface area is 145 Å². The first-order valence-electron chi connectivity index (χ1n) is 6.96. The highest BCUT2D eigenvalue weighted by atomic mass is 32.2. The third-order valence-electron chi connectivity index (χ3n) is 3.25. The van der Waals surface area contributed by atoms with Gasteiger partial charge in [-0.05, 0) is 42.1 Å². The van der Waals surface area contributed by atoms with Gasteiger partial charge in [0.2, 0.25) is 0 Å². The molecule has 3 heterocycles. The van der Waals surface area contributed by atoms with Crippen LogP contribution in [0.5, 0.6) is 0 Å². The van der Waals surface area contributed by atoms with Crippen LogP contribution in [0.4, 0.5) is 0 Å². The molecule has 1 N–H and O–H groups in total. The fourth-order valence-electron chi connectivity index (χ4n) is 2.15. The minimum atomic E-state index is -0.460. The molecule has 2 aromatic rings. The molecule has 0 aliphatic carbocycles. The van der Waals surface area contributed by atoms with Crippen LogP contribution in [0.2, 0.25) is 0 Å². The number of aliphatic imine (C=N–C) groups is 1. The molecule has 1 aromatic carbocycles. The summed E-state index contributed by atoms with van der Waals surface area (Å²) < 4.78 is 5.73. The van der Waals surface area contributed by atoms with Gasteiger partial charge < -0.3 is 4.42 Å². The molecule has 8 heteroatoms. The van der Waals surface area contributed by atoms with Crippen molar-refractivity contribution in [3.63, 3.8) is 0 Å². The number of hydrazone groups is 1. The molecule has 0 fully saturated rings. The van der Waals surface area contributed by atoms with E-state index < -0.39 is 5.91 Å². The molecule has 4 rings (SSSR count). The summed E-state index contributed by atoms with van der Waals surface area (Å²) in [4.78, 5) is 17.1. The van der Waals surface area contributed by atoms with Crippen molar-refractivity contribution in [2.75, 3.05) is 0 Å². The first-order chi connectivity index (χ1) is 11.7. The maximum absolute atomic E-state index is 12.1. The van der Waals surface area contributed by atoms with Gasteiger partial charge in [-0.1, -0.05) is 30.0 Å². The van der Waals surface area contributed by atoms with Crippen LogP contribution in [0.25, 0.3) is 6.08 Å². The van der Waals surface area contributed by atoms with Crippen LogP contribution in [0.3, 0.4) is 0 Å². The number of carbonyl (C=O) groups excluding carboxylic acids is 1. The molecule has 0 radical (unpaired) electrons. The van der Waals surface area contributed by atoms with Crippen molar-refractivity contribution >= 4 is 52.1 Å². The van der Waals surface area contributed by atoms with Gasteiger partial charge in [-0.15, -0.1) is 0 Å². The number of carbonyl (C=O) groups is 1. The predicted octanol–water partition coefficient (Wildman–Crippen LogP) is 3.68. The van der Waals surface area contributed by atoms with Gasteiger partial charge in [0.1, 0.15) is 5.76 Å². The van der Waals surface area contributed by atoms with Crippen LogP contribution >= 0.6 is 23.5 Å². The van der Waals surface area contributed by atoms with E-state index in [1.807, 2.05) is 36.4 Å². The SMILES string of the molecule is N=C1C(=Cc2ccc(Sc3ccccc3)o2)C(=O)N=C2SC=NN12. The second-order valence-electron chi connectivity index (χ2n) is 4.83. The average Bonchev–Trinajstić information content (AvgIpc) is 3.22. The zero-order valence-electron chi connectivity index (χ0n) is 12.2. The zero-order chi connectivity index (χ0) is 16.5. The van der Waals surface area contributed by atoms with E-state index in [4.69, 9.17) is 9.83 Å². The van der Waals surface area contributed by atoms with Crippen molar-refractivity contribution in [1.82, 2.24) is 5.01 Å². The molecule has 6 nitrogen and oxygen atoms in total. The summed E-state index contributed by atoms with van der Waals surface area (Å²) in [5.74, 6) is 0.0360. The minimum absolute atomic E-state index is 0.0000811. The zero-order valence-corrected chi connectivity index (χ0v) is 13.8. The first kappa shape index (κ1) is 15.0. The van der Waals surface area contributed by atoms with Crippen LogP contribution in [-0.2, 0) is 4.79 Å². The third-order valence-corrected chi connectivity index (χ3v) is 4.85. The van der Waals surface area contributed by atoms with E-state index in [0.717, 1.165) is 4.90 Å².